The highest BCUT2D eigenvalue weighted by atomic mass is 19.1. The van der Waals surface area contributed by atoms with Gasteiger partial charge in [-0.1, -0.05) is 20.8 Å². The summed E-state index contributed by atoms with van der Waals surface area (Å²) in [6, 6.07) is 0.0483. The van der Waals surface area contributed by atoms with Crippen molar-refractivity contribution in [3.05, 3.63) is 45.5 Å². The fraction of sp³-hybridized carbons (Fsp3) is 0.462. The Kier molecular flexibility index (Phi) is 7.15. The summed E-state index contributed by atoms with van der Waals surface area (Å²) in [5, 5.41) is 44.5. The van der Waals surface area contributed by atoms with Gasteiger partial charge in [-0.25, -0.2) is 4.39 Å². The van der Waals surface area contributed by atoms with E-state index in [1.165, 1.54) is 25.1 Å². The van der Waals surface area contributed by atoms with Gasteiger partial charge in [-0.05, 0) is 49.9 Å². The Morgan fingerprint density at radius 3 is 2.21 bits per heavy atom. The molecule has 204 valence electrons. The second-order valence-electron chi connectivity index (χ2n) is 10.9. The summed E-state index contributed by atoms with van der Waals surface area (Å²) in [7, 11) is 3.05. The van der Waals surface area contributed by atoms with E-state index in [1.807, 2.05) is 0 Å². The van der Waals surface area contributed by atoms with Crippen LogP contribution >= 0.6 is 0 Å². The molecule has 11 nitrogen and oxygen atoms in total. The number of carbonyl (C=O) groups is 3. The third kappa shape index (κ3) is 4.01. The molecule has 0 saturated heterocycles. The number of phenols is 1. The normalized spacial score (nSPS) is 26.7. The highest BCUT2D eigenvalue weighted by Crippen LogP contribution is 2.53. The highest BCUT2D eigenvalue weighted by Gasteiger charge is 2.64. The Morgan fingerprint density at radius 2 is 1.74 bits per heavy atom. The first-order valence-corrected chi connectivity index (χ1v) is 11.7. The lowest BCUT2D eigenvalue weighted by molar-refractivity contribution is -0.191. The Morgan fingerprint density at radius 1 is 1.18 bits per heavy atom. The topological polar surface area (TPSA) is 196 Å². The van der Waals surface area contributed by atoms with Crippen molar-refractivity contribution in [1.29, 1.82) is 0 Å². The number of nitrogens with zero attached hydrogens (tertiary/aromatic N) is 1. The predicted octanol–water partition coefficient (Wildman–Crippen LogP) is 0.817. The van der Waals surface area contributed by atoms with Crippen molar-refractivity contribution in [2.24, 2.45) is 17.6 Å². The smallest absolute Gasteiger partial charge is 0.373 e. The van der Waals surface area contributed by atoms with E-state index < -0.39 is 75.0 Å². The van der Waals surface area contributed by atoms with Crippen LogP contribution in [-0.4, -0.2) is 74.7 Å². The highest BCUT2D eigenvalue weighted by molar-refractivity contribution is 6.24. The molecule has 6 N–H and O–H groups in total. The van der Waals surface area contributed by atoms with E-state index in [1.54, 1.807) is 20.8 Å². The number of likely N-dealkylation sites (N-methyl/N-ethyl adjacent to an activating group) is 1. The summed E-state index contributed by atoms with van der Waals surface area (Å²) in [6.45, 7) is 5.04. The average Bonchev–Trinajstić information content (AvgIpc) is 2.75. The second kappa shape index (κ2) is 9.46. The van der Waals surface area contributed by atoms with Crippen LogP contribution in [-0.2, 0) is 35.8 Å². The minimum absolute atomic E-state index is 0.0450. The molecule has 1 aromatic rings. The molecule has 0 heterocycles. The van der Waals surface area contributed by atoms with Crippen LogP contribution < -0.4 is 5.73 Å². The lowest BCUT2D eigenvalue weighted by Gasteiger charge is -2.50. The van der Waals surface area contributed by atoms with Crippen LogP contribution in [0.4, 0.5) is 4.39 Å². The number of nitrogens with two attached hydrogens (primary N) is 1. The zero-order chi connectivity index (χ0) is 29.1. The largest absolute Gasteiger partial charge is 0.508 e. The minimum atomic E-state index is -2.70. The van der Waals surface area contributed by atoms with E-state index >= 15 is 0 Å². The van der Waals surface area contributed by atoms with Crippen molar-refractivity contribution in [2.45, 2.75) is 50.7 Å². The molecular formula is C26H29FN2O9. The molecule has 1 saturated carbocycles. The van der Waals surface area contributed by atoms with Gasteiger partial charge in [0.1, 0.15) is 28.7 Å². The number of aliphatic hydroxyl groups is 3. The number of aliphatic hydroxyl groups excluding tert-OH is 2. The molecule has 0 bridgehead atoms. The number of amides is 1. The Bertz CT molecular complexity index is 1350. The monoisotopic (exact) mass is 532 g/mol. The molecule has 0 aliphatic heterocycles. The van der Waals surface area contributed by atoms with E-state index in [2.05, 4.69) is 0 Å². The van der Waals surface area contributed by atoms with Crippen LogP contribution in [0.3, 0.4) is 0 Å². The van der Waals surface area contributed by atoms with Gasteiger partial charge >= 0.3 is 6.15 Å². The fourth-order valence-electron chi connectivity index (χ4n) is 5.98. The van der Waals surface area contributed by atoms with Gasteiger partial charge in [0.05, 0.1) is 11.6 Å². The number of aromatic hydroxyl groups is 1. The molecule has 1 amide bonds. The molecule has 1 aromatic carbocycles. The number of hydrogen-bond acceptors (Lipinski definition) is 10. The SMILES string of the molecule is CN(C)[C@@H]1C(=O)C(C(N)=O)=C(O)[C@@]2(O)C(=O)C3=C(O)c4c(cc(F)c(C(C)(C)C)c4O)C[C@H]3C[C@@H]12.O=C=O. The van der Waals surface area contributed by atoms with Crippen LogP contribution in [0.2, 0.25) is 0 Å². The van der Waals surface area contributed by atoms with Gasteiger partial charge in [0.2, 0.25) is 5.78 Å². The summed E-state index contributed by atoms with van der Waals surface area (Å²) < 4.78 is 15.0. The Labute approximate surface area is 217 Å². The lowest BCUT2D eigenvalue weighted by atomic mass is 9.57. The number of halogens is 1. The summed E-state index contributed by atoms with van der Waals surface area (Å²) in [5.74, 6) is -8.08. The maximum Gasteiger partial charge on any atom is 0.373 e. The summed E-state index contributed by atoms with van der Waals surface area (Å²) in [4.78, 5) is 56.5. The number of Topliss-reactive ketones (excluding diaryl/α,β-unsaturated/α-hetero) is 2. The van der Waals surface area contributed by atoms with E-state index in [0.717, 1.165) is 0 Å². The van der Waals surface area contributed by atoms with Crippen LogP contribution in [0.5, 0.6) is 5.75 Å². The molecule has 12 heteroatoms. The molecule has 38 heavy (non-hydrogen) atoms. The summed E-state index contributed by atoms with van der Waals surface area (Å²) in [5.41, 5.74) is 0.752. The average molecular weight is 533 g/mol. The molecule has 0 spiro atoms. The van der Waals surface area contributed by atoms with E-state index in [0.29, 0.717) is 0 Å². The minimum Gasteiger partial charge on any atom is -0.508 e. The van der Waals surface area contributed by atoms with Crippen LogP contribution in [0, 0.1) is 17.7 Å². The number of fused-ring (bicyclic) bond motifs is 3. The number of primary amides is 1. The number of phenolic OH excluding ortho intramolecular Hbond substituents is 1. The van der Waals surface area contributed by atoms with Crippen molar-refractivity contribution in [3.63, 3.8) is 0 Å². The van der Waals surface area contributed by atoms with Gasteiger partial charge in [0, 0.05) is 17.1 Å². The Balaban J connectivity index is 0.00000127. The molecule has 3 aliphatic rings. The lowest BCUT2D eigenvalue weighted by Crippen LogP contribution is -2.65. The standard InChI is InChI=1S/C25H29FN2O7.CO2/c1-24(2,3)16-12(26)8-10-6-9-7-11-17(28(4)5)20(31)15(23(27)34)22(33)25(11,35)21(32)14(9)18(29)13(10)19(16)30;2-1-3/h8-9,11,17,29-30,33,35H,6-7H2,1-5H3,(H2,27,34);/t9-,11-,17-,25-;/m0./s1. The van der Waals surface area contributed by atoms with Crippen molar-refractivity contribution in [2.75, 3.05) is 14.1 Å². The zero-order valence-corrected chi connectivity index (χ0v) is 21.5. The van der Waals surface area contributed by atoms with Crippen molar-refractivity contribution in [3.8, 4) is 5.75 Å². The first-order chi connectivity index (χ1) is 17.5. The first-order valence-electron chi connectivity index (χ1n) is 11.7. The number of ketones is 2. The van der Waals surface area contributed by atoms with Crippen LogP contribution in [0.15, 0.2) is 23.0 Å². The maximum absolute atomic E-state index is 15.0. The third-order valence-corrected chi connectivity index (χ3v) is 7.41. The number of carbonyl (C=O) groups excluding carboxylic acids is 5. The first kappa shape index (κ1) is 28.7. The number of rotatable bonds is 2. The molecule has 4 atom stereocenters. The van der Waals surface area contributed by atoms with Crippen LogP contribution in [0.1, 0.15) is 43.9 Å². The van der Waals surface area contributed by atoms with E-state index in [-0.39, 0.29) is 41.3 Å². The molecular weight excluding hydrogens is 503 g/mol. The predicted molar refractivity (Wildman–Crippen MR) is 128 cm³/mol. The molecule has 0 aromatic heterocycles. The van der Waals surface area contributed by atoms with Gasteiger partial charge < -0.3 is 26.2 Å². The second-order valence-corrected chi connectivity index (χ2v) is 10.9. The Hall–Kier alpha value is -3.86. The van der Waals surface area contributed by atoms with Crippen molar-refractivity contribution < 1.29 is 48.8 Å². The maximum atomic E-state index is 15.0. The molecule has 3 aliphatic carbocycles. The van der Waals surface area contributed by atoms with Gasteiger partial charge in [0.25, 0.3) is 5.91 Å². The fourth-order valence-corrected chi connectivity index (χ4v) is 5.98. The van der Waals surface area contributed by atoms with E-state index in [4.69, 9.17) is 15.3 Å². The summed E-state index contributed by atoms with van der Waals surface area (Å²) in [6.07, 6.45) is 0.249. The van der Waals surface area contributed by atoms with Gasteiger partial charge in [-0.15, -0.1) is 0 Å². The van der Waals surface area contributed by atoms with Crippen molar-refractivity contribution in [1.82, 2.24) is 4.90 Å². The molecule has 0 radical (unpaired) electrons. The molecule has 4 rings (SSSR count). The third-order valence-electron chi connectivity index (χ3n) is 7.41. The number of benzene rings is 1. The van der Waals surface area contributed by atoms with Crippen molar-refractivity contribution >= 4 is 29.4 Å². The zero-order valence-electron chi connectivity index (χ0n) is 21.5. The quantitative estimate of drug-likeness (QED) is 0.340. The molecule has 0 unspecified atom stereocenters. The van der Waals surface area contributed by atoms with Gasteiger partial charge in [-0.2, -0.15) is 9.59 Å². The van der Waals surface area contributed by atoms with Gasteiger partial charge in [-0.3, -0.25) is 19.3 Å². The summed E-state index contributed by atoms with van der Waals surface area (Å²) >= 11 is 0. The molecule has 1 fully saturated rings. The number of hydrogen-bond donors (Lipinski definition) is 5. The van der Waals surface area contributed by atoms with E-state index in [9.17, 15) is 39.2 Å². The van der Waals surface area contributed by atoms with Gasteiger partial charge in [0.15, 0.2) is 11.4 Å². The van der Waals surface area contributed by atoms with Crippen LogP contribution in [0.25, 0.3) is 5.76 Å².